The minimum absolute atomic E-state index is 0.161. The van der Waals surface area contributed by atoms with Crippen LogP contribution in [0.25, 0.3) is 0 Å². The molecule has 0 amide bonds. The fourth-order valence-corrected chi connectivity index (χ4v) is 2.80. The van der Waals surface area contributed by atoms with Crippen molar-refractivity contribution in [1.29, 1.82) is 0 Å². The molecule has 3 N–H and O–H groups in total. The van der Waals surface area contributed by atoms with Crippen molar-refractivity contribution in [2.75, 3.05) is 4.41 Å². The number of aryl methyl sites for hydroxylation is 1. The van der Waals surface area contributed by atoms with E-state index in [1.54, 1.807) is 25.3 Å². The maximum absolute atomic E-state index is 11.2. The molecule has 0 atom stereocenters. The van der Waals surface area contributed by atoms with Crippen molar-refractivity contribution in [2.24, 2.45) is 5.14 Å². The molecule has 1 aliphatic rings. The summed E-state index contributed by atoms with van der Waals surface area (Å²) in [6.45, 7) is 1.72. The number of nitrogens with two attached hydrogens (primary N) is 1. The van der Waals surface area contributed by atoms with Gasteiger partial charge in [-0.3, -0.25) is 5.43 Å². The van der Waals surface area contributed by atoms with Gasteiger partial charge in [-0.05, 0) is 30.7 Å². The monoisotopic (exact) mass is 257 g/mol. The Morgan fingerprint density at radius 1 is 1.44 bits per heavy atom. The fraction of sp³-hybridized carbons (Fsp3) is 0.111. The van der Waals surface area contributed by atoms with Gasteiger partial charge >= 0.3 is 0 Å². The summed E-state index contributed by atoms with van der Waals surface area (Å²) in [6.07, 6.45) is 1.80. The van der Waals surface area contributed by atoms with Gasteiger partial charge in [0.15, 0.2) is 0 Å². The van der Waals surface area contributed by atoms with Gasteiger partial charge < -0.3 is 0 Å². The summed E-state index contributed by atoms with van der Waals surface area (Å²) in [5.41, 5.74) is 4.50. The highest BCUT2D eigenvalue weighted by Gasteiger charge is 2.14. The maximum Gasteiger partial charge on any atom is 0.238 e. The highest BCUT2D eigenvalue weighted by Crippen LogP contribution is 2.27. The van der Waals surface area contributed by atoms with E-state index in [4.69, 9.17) is 5.14 Å². The van der Waals surface area contributed by atoms with E-state index in [1.165, 1.54) is 18.0 Å². The lowest BCUT2D eigenvalue weighted by Gasteiger charge is -2.17. The number of primary sulfonamides is 1. The number of hydrogen-bond donors (Lipinski definition) is 2. The van der Waals surface area contributed by atoms with Gasteiger partial charge in [0.25, 0.3) is 0 Å². The molecule has 0 aliphatic carbocycles. The number of anilines is 1. The number of hydrogen-bond acceptors (Lipinski definition) is 5. The smallest absolute Gasteiger partial charge is 0.238 e. The second-order valence-corrected chi connectivity index (χ2v) is 5.70. The molecule has 5 nitrogen and oxygen atoms in total. The summed E-state index contributed by atoms with van der Waals surface area (Å²) < 4.78 is 24.3. The van der Waals surface area contributed by atoms with Gasteiger partial charge in [0.1, 0.15) is 0 Å². The van der Waals surface area contributed by atoms with E-state index in [2.05, 4.69) is 5.43 Å². The number of nitrogens with one attached hydrogen (secondary N) is 1. The largest absolute Gasteiger partial charge is 0.295 e. The Bertz CT molecular complexity index is 532. The Kier molecular flexibility index (Phi) is 2.83. The van der Waals surface area contributed by atoms with E-state index >= 15 is 0 Å². The van der Waals surface area contributed by atoms with Crippen molar-refractivity contribution in [1.82, 2.24) is 5.43 Å². The van der Waals surface area contributed by atoms with Crippen molar-refractivity contribution >= 4 is 27.7 Å². The zero-order chi connectivity index (χ0) is 11.8. The Hall–Kier alpha value is -1.18. The maximum atomic E-state index is 11.2. The molecule has 0 radical (unpaired) electrons. The first-order valence-corrected chi connectivity index (χ1v) is 6.88. The van der Waals surface area contributed by atoms with Crippen LogP contribution in [-0.4, -0.2) is 8.42 Å². The quantitative estimate of drug-likeness (QED) is 0.776. The van der Waals surface area contributed by atoms with Gasteiger partial charge in [0.05, 0.1) is 10.6 Å². The summed E-state index contributed by atoms with van der Waals surface area (Å²) in [6, 6.07) is 4.99. The Balaban J connectivity index is 2.36. The van der Waals surface area contributed by atoms with Crippen molar-refractivity contribution in [3.63, 3.8) is 0 Å². The van der Waals surface area contributed by atoms with Crippen molar-refractivity contribution in [3.05, 3.63) is 35.4 Å². The second-order valence-electron chi connectivity index (χ2n) is 3.33. The van der Waals surface area contributed by atoms with Crippen molar-refractivity contribution < 1.29 is 8.42 Å². The molecule has 0 saturated heterocycles. The number of rotatable bonds is 2. The molecule has 7 heteroatoms. The van der Waals surface area contributed by atoms with Crippen LogP contribution in [0.5, 0.6) is 0 Å². The highest BCUT2D eigenvalue weighted by molar-refractivity contribution is 8.03. The molecule has 0 aromatic heterocycles. The molecule has 16 heavy (non-hydrogen) atoms. The van der Waals surface area contributed by atoms with Crippen LogP contribution in [-0.2, 0) is 10.0 Å². The molecule has 0 saturated carbocycles. The number of benzene rings is 1. The second kappa shape index (κ2) is 4.00. The molecule has 1 aromatic rings. The topological polar surface area (TPSA) is 75.4 Å². The minimum atomic E-state index is -3.64. The molecule has 86 valence electrons. The van der Waals surface area contributed by atoms with Crippen LogP contribution < -0.4 is 15.0 Å². The third-order valence-corrected chi connectivity index (χ3v) is 3.98. The van der Waals surface area contributed by atoms with E-state index < -0.39 is 10.0 Å². The number of sulfonamides is 1. The van der Waals surface area contributed by atoms with E-state index in [0.717, 1.165) is 5.69 Å². The summed E-state index contributed by atoms with van der Waals surface area (Å²) in [7, 11) is -3.64. The molecule has 0 fully saturated rings. The van der Waals surface area contributed by atoms with E-state index in [-0.39, 0.29) is 4.90 Å². The van der Waals surface area contributed by atoms with Gasteiger partial charge in [0.2, 0.25) is 10.0 Å². The lowest BCUT2D eigenvalue weighted by Crippen LogP contribution is -2.23. The predicted octanol–water partition coefficient (Wildman–Crippen LogP) is 1.09. The Morgan fingerprint density at radius 3 is 2.69 bits per heavy atom. The van der Waals surface area contributed by atoms with E-state index in [1.807, 2.05) is 9.82 Å². The van der Waals surface area contributed by atoms with Gasteiger partial charge in [-0.25, -0.2) is 18.0 Å². The van der Waals surface area contributed by atoms with Crippen LogP contribution >= 0.6 is 11.9 Å². The highest BCUT2D eigenvalue weighted by atomic mass is 32.2. The molecule has 1 heterocycles. The molecular formula is C9H11N3O2S2. The van der Waals surface area contributed by atoms with Crippen LogP contribution in [0.3, 0.4) is 0 Å². The van der Waals surface area contributed by atoms with Crippen LogP contribution in [0, 0.1) is 6.92 Å². The van der Waals surface area contributed by atoms with Crippen molar-refractivity contribution in [2.45, 2.75) is 11.8 Å². The number of hydrazine groups is 1. The first kappa shape index (κ1) is 11.3. The molecule has 1 aliphatic heterocycles. The van der Waals surface area contributed by atoms with Crippen LogP contribution in [0.4, 0.5) is 5.69 Å². The average Bonchev–Trinajstić information content (AvgIpc) is 2.68. The zero-order valence-electron chi connectivity index (χ0n) is 8.54. The van der Waals surface area contributed by atoms with Crippen LogP contribution in [0.2, 0.25) is 0 Å². The molecule has 1 aromatic carbocycles. The summed E-state index contributed by atoms with van der Waals surface area (Å²) in [4.78, 5) is 0.161. The molecule has 2 rings (SSSR count). The van der Waals surface area contributed by atoms with Crippen LogP contribution in [0.15, 0.2) is 34.7 Å². The van der Waals surface area contributed by atoms with E-state index in [9.17, 15) is 8.42 Å². The lowest BCUT2D eigenvalue weighted by molar-refractivity contribution is 0.597. The third-order valence-electron chi connectivity index (χ3n) is 2.13. The van der Waals surface area contributed by atoms with E-state index in [0.29, 0.717) is 5.56 Å². The SMILES string of the molecule is Cc1cc(N2NC=CS2)ccc1S(N)(=O)=O. The predicted molar refractivity (Wildman–Crippen MR) is 64.9 cm³/mol. The Morgan fingerprint density at radius 2 is 2.19 bits per heavy atom. The summed E-state index contributed by atoms with van der Waals surface area (Å²) >= 11 is 1.48. The molecular weight excluding hydrogens is 246 g/mol. The minimum Gasteiger partial charge on any atom is -0.295 e. The lowest BCUT2D eigenvalue weighted by atomic mass is 10.2. The number of nitrogens with zero attached hydrogens (tertiary/aromatic N) is 1. The first-order chi connectivity index (χ1) is 7.48. The fourth-order valence-electron chi connectivity index (χ4n) is 1.43. The van der Waals surface area contributed by atoms with Gasteiger partial charge in [-0.2, -0.15) is 0 Å². The standard InChI is InChI=1S/C9H11N3O2S2/c1-7-6-8(12-11-4-5-15-12)2-3-9(7)16(10,13)14/h2-6,11H,1H3,(H2,10,13,14). The zero-order valence-corrected chi connectivity index (χ0v) is 10.2. The molecule has 0 bridgehead atoms. The average molecular weight is 257 g/mol. The Labute approximate surface area is 98.5 Å². The normalized spacial score (nSPS) is 15.2. The third kappa shape index (κ3) is 2.16. The molecule has 0 spiro atoms. The molecule has 0 unspecified atom stereocenters. The summed E-state index contributed by atoms with van der Waals surface area (Å²) in [5, 5.41) is 6.98. The first-order valence-electron chi connectivity index (χ1n) is 4.50. The van der Waals surface area contributed by atoms with Gasteiger partial charge in [-0.15, -0.1) is 0 Å². The van der Waals surface area contributed by atoms with Gasteiger partial charge in [-0.1, -0.05) is 0 Å². The van der Waals surface area contributed by atoms with Gasteiger partial charge in [0, 0.05) is 23.6 Å². The van der Waals surface area contributed by atoms with Crippen molar-refractivity contribution in [3.8, 4) is 0 Å². The summed E-state index contributed by atoms with van der Waals surface area (Å²) in [5.74, 6) is 0. The van der Waals surface area contributed by atoms with Crippen LogP contribution in [0.1, 0.15) is 5.56 Å².